The van der Waals surface area contributed by atoms with Crippen molar-refractivity contribution in [2.75, 3.05) is 0 Å². The second kappa shape index (κ2) is 30.6. The maximum absolute atomic E-state index is 10.4. The molecule has 0 saturated carbocycles. The molecule has 0 unspecified atom stereocenters. The van der Waals surface area contributed by atoms with Crippen LogP contribution in [0.4, 0.5) is 0 Å². The minimum atomic E-state index is 0.271. The molecule has 0 bridgehead atoms. The average molecular weight is 721 g/mol. The summed E-state index contributed by atoms with van der Waals surface area (Å²) in [6.45, 7) is 13.8. The van der Waals surface area contributed by atoms with Gasteiger partial charge in [0.1, 0.15) is 17.3 Å². The fourth-order valence-electron chi connectivity index (χ4n) is 2.78. The first-order valence-electron chi connectivity index (χ1n) is 13.6. The number of halogens is 3. The summed E-state index contributed by atoms with van der Waals surface area (Å²) in [6, 6.07) is 15.6. The van der Waals surface area contributed by atoms with Gasteiger partial charge in [0.15, 0.2) is 0 Å². The van der Waals surface area contributed by atoms with E-state index in [0.29, 0.717) is 17.3 Å². The molecule has 0 spiro atoms. The molecule has 216 valence electrons. The largest absolute Gasteiger partial charge is 0.508 e. The Bertz CT molecular complexity index is 685. The predicted octanol–water partition coefficient (Wildman–Crippen LogP) is 11.3. The number of ketones is 2. The van der Waals surface area contributed by atoms with Gasteiger partial charge < -0.3 is 14.7 Å². The lowest BCUT2D eigenvalue weighted by atomic mass is 10.1. The molecule has 0 aliphatic rings. The van der Waals surface area contributed by atoms with Gasteiger partial charge in [0.25, 0.3) is 0 Å². The molecule has 0 aliphatic carbocycles. The molecule has 7 heteroatoms. The van der Waals surface area contributed by atoms with Crippen molar-refractivity contribution < 1.29 is 14.7 Å². The van der Waals surface area contributed by atoms with E-state index in [0.717, 1.165) is 25.7 Å². The molecule has 0 fully saturated rings. The second-order valence-corrected chi connectivity index (χ2v) is 15.7. The number of aryl methyl sites for hydroxylation is 3. The Labute approximate surface area is 259 Å². The lowest BCUT2D eigenvalue weighted by Gasteiger charge is -1.93. The van der Waals surface area contributed by atoms with E-state index in [1.54, 1.807) is 26.0 Å². The van der Waals surface area contributed by atoms with Crippen LogP contribution in [0.5, 0.6) is 5.75 Å². The summed E-state index contributed by atoms with van der Waals surface area (Å²) in [7, 11) is 0. The summed E-state index contributed by atoms with van der Waals surface area (Å²) in [6.07, 6.45) is 11.2. The molecule has 2 aromatic rings. The summed E-state index contributed by atoms with van der Waals surface area (Å²) in [4.78, 5) is 20.8. The Morgan fingerprint density at radius 1 is 0.605 bits per heavy atom. The van der Waals surface area contributed by atoms with Gasteiger partial charge in [-0.25, -0.2) is 0 Å². The molecule has 2 aromatic carbocycles. The zero-order valence-corrected chi connectivity index (χ0v) is 29.4. The average Bonchev–Trinajstić information content (AvgIpc) is 2.84. The number of rotatable bonds is 10. The maximum atomic E-state index is 10.4. The van der Waals surface area contributed by atoms with Gasteiger partial charge in [-0.15, -0.1) is 47.3 Å². The molecule has 0 amide bonds. The highest BCUT2D eigenvalue weighted by Gasteiger charge is 1.92. The molecule has 0 heterocycles. The first-order valence-corrected chi connectivity index (χ1v) is 16.3. The Hall–Kier alpha value is -0.915. The molecule has 0 atom stereocenters. The smallest absolute Gasteiger partial charge is 0.369 e. The predicted molar refractivity (Wildman–Crippen MR) is 180 cm³/mol. The lowest BCUT2D eigenvalue weighted by Crippen LogP contribution is -1.88. The van der Waals surface area contributed by atoms with Gasteiger partial charge in [0.05, 0.1) is 0 Å². The lowest BCUT2D eigenvalue weighted by molar-refractivity contribution is -0.117. The van der Waals surface area contributed by atoms with Crippen molar-refractivity contribution >= 4 is 62.0 Å². The van der Waals surface area contributed by atoms with Crippen LogP contribution in [0.25, 0.3) is 0 Å². The van der Waals surface area contributed by atoms with Crippen molar-refractivity contribution in [1.29, 1.82) is 0 Å². The fraction of sp³-hybridized carbons (Fsp3) is 0.548. The van der Waals surface area contributed by atoms with Crippen molar-refractivity contribution in [2.24, 2.45) is 0 Å². The molecule has 1 N–H and O–H groups in total. The number of phenols is 1. The van der Waals surface area contributed by atoms with E-state index in [4.69, 9.17) is 5.11 Å². The van der Waals surface area contributed by atoms with Crippen molar-refractivity contribution in [2.45, 2.75) is 113 Å². The molecule has 3 nitrogen and oxygen atoms in total. The number of carbonyl (C=O) groups is 2. The number of unbranched alkanes of at least 4 members (excludes halogenated alkanes) is 6. The number of hydrogen-bond acceptors (Lipinski definition) is 3. The second-order valence-electron chi connectivity index (χ2n) is 9.26. The highest BCUT2D eigenvalue weighted by Crippen LogP contribution is 2.08. The van der Waals surface area contributed by atoms with E-state index in [2.05, 4.69) is 99.2 Å². The summed E-state index contributed by atoms with van der Waals surface area (Å²) in [5.74, 6) is 0.979. The number of carbonyl (C=O) groups excluding carboxylic acids is 2. The van der Waals surface area contributed by atoms with Crippen LogP contribution in [0.3, 0.4) is 0 Å². The van der Waals surface area contributed by atoms with E-state index >= 15 is 0 Å². The van der Waals surface area contributed by atoms with E-state index in [1.807, 2.05) is 19.1 Å². The van der Waals surface area contributed by atoms with Gasteiger partial charge in [-0.3, -0.25) is 0 Å². The Morgan fingerprint density at radius 3 is 1.08 bits per heavy atom. The molecule has 0 aromatic heterocycles. The summed E-state index contributed by atoms with van der Waals surface area (Å²) >= 11 is 9.31. The molecule has 0 aliphatic heterocycles. The van der Waals surface area contributed by atoms with Crippen LogP contribution in [-0.2, 0) is 9.59 Å². The molecule has 38 heavy (non-hydrogen) atoms. The highest BCUT2D eigenvalue weighted by molar-refractivity contribution is 9.69. The van der Waals surface area contributed by atoms with Crippen LogP contribution in [0.15, 0.2) is 48.5 Å². The molecular weight excluding hydrogens is 671 g/mol. The van der Waals surface area contributed by atoms with Crippen molar-refractivity contribution in [3.8, 4) is 5.75 Å². The van der Waals surface area contributed by atoms with Gasteiger partial charge in [0, 0.05) is 12.8 Å². The van der Waals surface area contributed by atoms with Crippen LogP contribution in [0.2, 0.25) is 0 Å². The number of phenolic OH excluding ortho intramolecular Hbond substituents is 1. The van der Waals surface area contributed by atoms with Crippen LogP contribution in [0.1, 0.15) is 109 Å². The van der Waals surface area contributed by atoms with Crippen molar-refractivity contribution in [1.82, 2.24) is 0 Å². The standard InChI is InChI=1S/2C8H16O.C8H10.C7H8O.BBr3/c2*1-3-4-5-6-7-8(2)9;1-7-3-5-8(2)6-4-7;1-6-2-4-7(8)5-3-6;2-1(3)4/h2*3-7H2,1-2H3;3-6H,1-2H3;2-5,8H,1H3;. The highest BCUT2D eigenvalue weighted by atomic mass is 79.9. The summed E-state index contributed by atoms with van der Waals surface area (Å²) in [5.41, 5.74) is 3.83. The first-order chi connectivity index (χ1) is 17.8. The Balaban J connectivity index is -0.000000411. The number of benzene rings is 2. The van der Waals surface area contributed by atoms with Crippen LogP contribution in [0, 0.1) is 20.8 Å². The topological polar surface area (TPSA) is 54.4 Å². The third-order valence-electron chi connectivity index (χ3n) is 5.02. The Morgan fingerprint density at radius 2 is 0.868 bits per heavy atom. The SMILES string of the molecule is BrB(Br)Br.CCCCCCC(C)=O.CCCCCCC(C)=O.Cc1ccc(C)cc1.Cc1ccc(O)cc1. The van der Waals surface area contributed by atoms with E-state index in [9.17, 15) is 9.59 Å². The fourth-order valence-corrected chi connectivity index (χ4v) is 2.78. The van der Waals surface area contributed by atoms with E-state index < -0.39 is 0 Å². The minimum absolute atomic E-state index is 0.271. The van der Waals surface area contributed by atoms with Crippen LogP contribution in [-0.4, -0.2) is 19.9 Å². The van der Waals surface area contributed by atoms with Crippen molar-refractivity contribution in [3.63, 3.8) is 0 Å². The monoisotopic (exact) mass is 718 g/mol. The molecule has 2 rings (SSSR count). The van der Waals surface area contributed by atoms with E-state index in [1.165, 1.54) is 55.2 Å². The number of Topliss-reactive ketones (excluding diaryl/α,β-unsaturated/α-hetero) is 2. The van der Waals surface area contributed by atoms with Crippen LogP contribution < -0.4 is 0 Å². The number of aromatic hydroxyl groups is 1. The molecule has 0 radical (unpaired) electrons. The van der Waals surface area contributed by atoms with Gasteiger partial charge >= 0.3 is 3.18 Å². The minimum Gasteiger partial charge on any atom is -0.508 e. The van der Waals surface area contributed by atoms with Gasteiger partial charge in [-0.05, 0) is 59.6 Å². The Kier molecular flexibility index (Phi) is 33.5. The quantitative estimate of drug-likeness (QED) is 0.196. The zero-order chi connectivity index (χ0) is 29.8. The summed E-state index contributed by atoms with van der Waals surface area (Å²) < 4.78 is 0.271. The zero-order valence-electron chi connectivity index (χ0n) is 24.7. The van der Waals surface area contributed by atoms with Gasteiger partial charge in [-0.2, -0.15) is 0 Å². The molecule has 0 saturated heterocycles. The van der Waals surface area contributed by atoms with E-state index in [-0.39, 0.29) is 3.18 Å². The normalized spacial score (nSPS) is 9.11. The third-order valence-corrected chi connectivity index (χ3v) is 5.02. The summed E-state index contributed by atoms with van der Waals surface area (Å²) in [5, 5.41) is 8.76. The maximum Gasteiger partial charge on any atom is 0.369 e. The molecular formula is C31H50BBr3O3. The van der Waals surface area contributed by atoms with Crippen LogP contribution >= 0.6 is 47.3 Å². The number of hydrogen-bond donors (Lipinski definition) is 1. The van der Waals surface area contributed by atoms with Gasteiger partial charge in [-0.1, -0.05) is 105 Å². The van der Waals surface area contributed by atoms with Crippen molar-refractivity contribution in [3.05, 3.63) is 65.2 Å². The first kappa shape index (κ1) is 41.6. The van der Waals surface area contributed by atoms with Gasteiger partial charge in [0.2, 0.25) is 0 Å². The third kappa shape index (κ3) is 42.2.